The molecule has 0 aromatic heterocycles. The Morgan fingerprint density at radius 3 is 2.57 bits per heavy atom. The number of amides is 1. The number of rotatable bonds is 5. The van der Waals surface area contributed by atoms with Gasteiger partial charge in [0.15, 0.2) is 5.75 Å². The van der Waals surface area contributed by atoms with E-state index in [4.69, 9.17) is 16.3 Å². The minimum atomic E-state index is -3.70. The van der Waals surface area contributed by atoms with Gasteiger partial charge < -0.3 is 9.64 Å². The molecule has 3 aromatic carbocycles. The van der Waals surface area contributed by atoms with E-state index in [9.17, 15) is 13.2 Å². The number of nitrogens with zero attached hydrogens (tertiary/aromatic N) is 1. The molecule has 1 amide bonds. The Labute approximate surface area is 180 Å². The number of halogens is 1. The van der Waals surface area contributed by atoms with Crippen LogP contribution < -0.4 is 14.4 Å². The summed E-state index contributed by atoms with van der Waals surface area (Å²) < 4.78 is 33.7. The van der Waals surface area contributed by atoms with Gasteiger partial charge in [0.2, 0.25) is 10.0 Å². The fourth-order valence-corrected chi connectivity index (χ4v) is 4.75. The molecule has 1 heterocycles. The minimum Gasteiger partial charge on any atom is -0.454 e. The van der Waals surface area contributed by atoms with E-state index in [-0.39, 0.29) is 22.9 Å². The Morgan fingerprint density at radius 2 is 1.80 bits per heavy atom. The van der Waals surface area contributed by atoms with Gasteiger partial charge in [0, 0.05) is 17.3 Å². The van der Waals surface area contributed by atoms with Gasteiger partial charge in [-0.25, -0.2) is 8.42 Å². The first-order valence-corrected chi connectivity index (χ1v) is 11.4. The summed E-state index contributed by atoms with van der Waals surface area (Å²) in [7, 11) is -3.70. The maximum Gasteiger partial charge on any atom is 0.262 e. The molecule has 3 aromatic rings. The lowest BCUT2D eigenvalue weighted by Crippen LogP contribution is -2.29. The molecule has 8 heteroatoms. The predicted octanol–water partition coefficient (Wildman–Crippen LogP) is 5.05. The van der Waals surface area contributed by atoms with Crippen molar-refractivity contribution in [3.05, 3.63) is 82.9 Å². The largest absolute Gasteiger partial charge is 0.454 e. The molecule has 0 saturated heterocycles. The highest BCUT2D eigenvalue weighted by molar-refractivity contribution is 7.91. The van der Waals surface area contributed by atoms with Crippen molar-refractivity contribution < 1.29 is 17.9 Å². The Morgan fingerprint density at radius 1 is 1.00 bits per heavy atom. The van der Waals surface area contributed by atoms with Gasteiger partial charge in [-0.15, -0.1) is 0 Å². The Bertz CT molecular complexity index is 1230. The van der Waals surface area contributed by atoms with Gasteiger partial charge >= 0.3 is 0 Å². The van der Waals surface area contributed by atoms with Crippen LogP contribution in [-0.2, 0) is 15.8 Å². The van der Waals surface area contributed by atoms with Crippen LogP contribution in [0.1, 0.15) is 22.8 Å². The molecule has 30 heavy (non-hydrogen) atoms. The topological polar surface area (TPSA) is 75.7 Å². The number of sulfonamides is 1. The molecule has 0 unspecified atom stereocenters. The third kappa shape index (κ3) is 4.13. The SMILES string of the molecule is CCN1C(=O)c2cc(NS(=O)(=O)Cc3cccc(Cl)c3)ccc2Oc2ccccc21. The van der Waals surface area contributed by atoms with Crippen molar-refractivity contribution in [1.82, 2.24) is 0 Å². The zero-order chi connectivity index (χ0) is 21.3. The van der Waals surface area contributed by atoms with Crippen LogP contribution in [0.25, 0.3) is 0 Å². The second-order valence-corrected chi connectivity index (χ2v) is 8.98. The molecular formula is C22H19ClN2O4S. The fourth-order valence-electron chi connectivity index (χ4n) is 3.37. The van der Waals surface area contributed by atoms with E-state index in [1.54, 1.807) is 47.4 Å². The van der Waals surface area contributed by atoms with E-state index >= 15 is 0 Å². The van der Waals surface area contributed by atoms with E-state index in [0.717, 1.165) is 0 Å². The summed E-state index contributed by atoms with van der Waals surface area (Å²) in [6, 6.07) is 18.6. The zero-order valence-electron chi connectivity index (χ0n) is 16.1. The molecule has 0 atom stereocenters. The molecule has 0 spiro atoms. The molecule has 154 valence electrons. The van der Waals surface area contributed by atoms with Crippen LogP contribution in [-0.4, -0.2) is 20.9 Å². The third-order valence-electron chi connectivity index (χ3n) is 4.67. The highest BCUT2D eigenvalue weighted by atomic mass is 35.5. The smallest absolute Gasteiger partial charge is 0.262 e. The summed E-state index contributed by atoms with van der Waals surface area (Å²) >= 11 is 5.94. The van der Waals surface area contributed by atoms with E-state index < -0.39 is 10.0 Å². The van der Waals surface area contributed by atoms with Gasteiger partial charge in [0.1, 0.15) is 5.75 Å². The van der Waals surface area contributed by atoms with Crippen molar-refractivity contribution >= 4 is 38.9 Å². The molecule has 0 saturated carbocycles. The average molecular weight is 443 g/mol. The van der Waals surface area contributed by atoms with Gasteiger partial charge in [0.05, 0.1) is 17.0 Å². The van der Waals surface area contributed by atoms with Gasteiger partial charge in [-0.1, -0.05) is 35.9 Å². The summed E-state index contributed by atoms with van der Waals surface area (Å²) in [5, 5.41) is 0.467. The highest BCUT2D eigenvalue weighted by Gasteiger charge is 2.27. The van der Waals surface area contributed by atoms with Crippen molar-refractivity contribution in [1.29, 1.82) is 0 Å². The van der Waals surface area contributed by atoms with Crippen molar-refractivity contribution in [2.75, 3.05) is 16.2 Å². The number of anilines is 2. The lowest BCUT2D eigenvalue weighted by molar-refractivity contribution is 0.0988. The van der Waals surface area contributed by atoms with Crippen LogP contribution in [0.3, 0.4) is 0 Å². The monoisotopic (exact) mass is 442 g/mol. The molecule has 1 N–H and O–H groups in total. The second kappa shape index (κ2) is 8.01. The molecule has 0 aliphatic carbocycles. The predicted molar refractivity (Wildman–Crippen MR) is 118 cm³/mol. The number of carbonyl (C=O) groups excluding carboxylic acids is 1. The molecule has 0 fully saturated rings. The second-order valence-electron chi connectivity index (χ2n) is 6.82. The van der Waals surface area contributed by atoms with Crippen molar-refractivity contribution in [2.45, 2.75) is 12.7 Å². The minimum absolute atomic E-state index is 0.235. The molecule has 0 bridgehead atoms. The number of benzene rings is 3. The van der Waals surface area contributed by atoms with E-state index in [0.29, 0.717) is 34.3 Å². The van der Waals surface area contributed by atoms with Gasteiger partial charge in [-0.05, 0) is 55.0 Å². The molecular weight excluding hydrogens is 424 g/mol. The standard InChI is InChI=1S/C22H19ClN2O4S/c1-2-25-19-8-3-4-9-21(19)29-20-11-10-17(13-18(20)22(25)26)24-30(27,28)14-15-6-5-7-16(23)12-15/h3-13,24H,2,14H2,1H3. The normalized spacial score (nSPS) is 13.1. The molecule has 6 nitrogen and oxygen atoms in total. The van der Waals surface area contributed by atoms with Crippen LogP contribution in [0, 0.1) is 0 Å². The van der Waals surface area contributed by atoms with E-state index in [2.05, 4.69) is 4.72 Å². The Kier molecular flexibility index (Phi) is 5.40. The van der Waals surface area contributed by atoms with Crippen molar-refractivity contribution in [2.24, 2.45) is 0 Å². The highest BCUT2D eigenvalue weighted by Crippen LogP contribution is 2.39. The van der Waals surface area contributed by atoms with E-state index in [1.165, 1.54) is 6.07 Å². The number of fused-ring (bicyclic) bond motifs is 2. The fraction of sp³-hybridized carbons (Fsp3) is 0.136. The maximum atomic E-state index is 13.1. The maximum absolute atomic E-state index is 13.1. The van der Waals surface area contributed by atoms with Crippen molar-refractivity contribution in [3.63, 3.8) is 0 Å². The number of para-hydroxylation sites is 2. The number of carbonyl (C=O) groups is 1. The number of hydrogen-bond donors (Lipinski definition) is 1. The van der Waals surface area contributed by atoms with Gasteiger partial charge in [-0.3, -0.25) is 9.52 Å². The third-order valence-corrected chi connectivity index (χ3v) is 6.16. The molecule has 1 aliphatic heterocycles. The lowest BCUT2D eigenvalue weighted by atomic mass is 10.1. The number of ether oxygens (including phenoxy) is 1. The molecule has 4 rings (SSSR count). The first-order valence-electron chi connectivity index (χ1n) is 9.34. The zero-order valence-corrected chi connectivity index (χ0v) is 17.7. The van der Waals surface area contributed by atoms with E-state index in [1.807, 2.05) is 25.1 Å². The first kappa shape index (κ1) is 20.3. The van der Waals surface area contributed by atoms with Crippen LogP contribution in [0.2, 0.25) is 5.02 Å². The summed E-state index contributed by atoms with van der Waals surface area (Å²) in [5.41, 5.74) is 1.81. The lowest BCUT2D eigenvalue weighted by Gasteiger charge is -2.20. The average Bonchev–Trinajstić information content (AvgIpc) is 2.81. The number of hydrogen-bond acceptors (Lipinski definition) is 4. The molecule has 0 radical (unpaired) electrons. The van der Waals surface area contributed by atoms with Crippen LogP contribution >= 0.6 is 11.6 Å². The Balaban J connectivity index is 1.64. The quantitative estimate of drug-likeness (QED) is 0.599. The van der Waals surface area contributed by atoms with Crippen molar-refractivity contribution in [3.8, 4) is 11.5 Å². The summed E-state index contributed by atoms with van der Waals surface area (Å²) in [4.78, 5) is 14.7. The summed E-state index contributed by atoms with van der Waals surface area (Å²) in [6.45, 7) is 2.32. The van der Waals surface area contributed by atoms with Crippen LogP contribution in [0.15, 0.2) is 66.7 Å². The molecule has 1 aliphatic rings. The summed E-state index contributed by atoms with van der Waals surface area (Å²) in [6.07, 6.45) is 0. The first-order chi connectivity index (χ1) is 14.4. The number of nitrogens with one attached hydrogen (secondary N) is 1. The van der Waals surface area contributed by atoms with Crippen LogP contribution in [0.4, 0.5) is 11.4 Å². The van der Waals surface area contributed by atoms with Gasteiger partial charge in [0.25, 0.3) is 5.91 Å². The Hall–Kier alpha value is -3.03. The van der Waals surface area contributed by atoms with Gasteiger partial charge in [-0.2, -0.15) is 0 Å². The summed E-state index contributed by atoms with van der Waals surface area (Å²) in [5.74, 6) is 0.456. The van der Waals surface area contributed by atoms with Crippen LogP contribution in [0.5, 0.6) is 11.5 Å².